The average molecular weight is 284 g/mol. The molecule has 1 aliphatic rings. The molecule has 0 aliphatic heterocycles. The van der Waals surface area contributed by atoms with Crippen LogP contribution in [0.2, 0.25) is 0 Å². The Hall–Kier alpha value is -1.30. The fraction of sp³-hybridized carbons (Fsp3) is 0.524. The zero-order valence-electron chi connectivity index (χ0n) is 14.8. The molecule has 0 unspecified atom stereocenters. The van der Waals surface area contributed by atoms with Crippen LogP contribution in [0.25, 0.3) is 0 Å². The molecule has 0 saturated carbocycles. The number of hydrogen-bond donors (Lipinski definition) is 0. The molecule has 21 heavy (non-hydrogen) atoms. The lowest BCUT2D eigenvalue weighted by Crippen LogP contribution is -2.19. The van der Waals surface area contributed by atoms with Crippen LogP contribution in [0.3, 0.4) is 0 Å². The third kappa shape index (κ3) is 5.91. The standard InChI is InChI=1S/C21H32/c1-7-10-17(2)11-8-12-18(3)14-15-20-19(4)13-9-16-21(20,5)6/h7,10-12,14-15H,8-9,13,16H2,1-6H3/b10-7+,15-14+,17-11+,18-12+. The van der Waals surface area contributed by atoms with E-state index in [0.717, 1.165) is 6.42 Å². The molecule has 0 nitrogen and oxygen atoms in total. The fourth-order valence-electron chi connectivity index (χ4n) is 3.05. The molecule has 0 fully saturated rings. The highest BCUT2D eigenvalue weighted by atomic mass is 14.3. The Balaban J connectivity index is 2.73. The van der Waals surface area contributed by atoms with Gasteiger partial charge in [-0.3, -0.25) is 0 Å². The van der Waals surface area contributed by atoms with Crippen LogP contribution in [0.1, 0.15) is 67.2 Å². The van der Waals surface area contributed by atoms with E-state index in [1.54, 1.807) is 11.1 Å². The van der Waals surface area contributed by atoms with E-state index in [2.05, 4.69) is 78.0 Å². The highest BCUT2D eigenvalue weighted by molar-refractivity contribution is 5.36. The van der Waals surface area contributed by atoms with Crippen LogP contribution in [-0.4, -0.2) is 0 Å². The van der Waals surface area contributed by atoms with Gasteiger partial charge in [0.25, 0.3) is 0 Å². The van der Waals surface area contributed by atoms with E-state index < -0.39 is 0 Å². The van der Waals surface area contributed by atoms with E-state index in [-0.39, 0.29) is 0 Å². The van der Waals surface area contributed by atoms with E-state index in [4.69, 9.17) is 0 Å². The second-order valence-electron chi connectivity index (χ2n) is 6.90. The van der Waals surface area contributed by atoms with Gasteiger partial charge >= 0.3 is 0 Å². The number of rotatable bonds is 5. The summed E-state index contributed by atoms with van der Waals surface area (Å²) < 4.78 is 0. The van der Waals surface area contributed by atoms with Crippen molar-refractivity contribution in [3.63, 3.8) is 0 Å². The van der Waals surface area contributed by atoms with E-state index >= 15 is 0 Å². The average Bonchev–Trinajstić information content (AvgIpc) is 2.37. The Morgan fingerprint density at radius 3 is 2.29 bits per heavy atom. The number of allylic oxidation sites excluding steroid dienone is 10. The van der Waals surface area contributed by atoms with Crippen molar-refractivity contribution in [3.05, 3.63) is 58.7 Å². The molecule has 0 aromatic rings. The van der Waals surface area contributed by atoms with Crippen LogP contribution < -0.4 is 0 Å². The van der Waals surface area contributed by atoms with Crippen molar-refractivity contribution in [3.8, 4) is 0 Å². The van der Waals surface area contributed by atoms with Crippen molar-refractivity contribution >= 4 is 0 Å². The lowest BCUT2D eigenvalue weighted by Gasteiger charge is -2.32. The van der Waals surface area contributed by atoms with Gasteiger partial charge in [0.2, 0.25) is 0 Å². The van der Waals surface area contributed by atoms with Crippen molar-refractivity contribution in [2.24, 2.45) is 5.41 Å². The van der Waals surface area contributed by atoms with Gasteiger partial charge in [0, 0.05) is 0 Å². The summed E-state index contributed by atoms with van der Waals surface area (Å²) in [6.07, 6.45) is 18.3. The Morgan fingerprint density at radius 1 is 1.10 bits per heavy atom. The van der Waals surface area contributed by atoms with Crippen LogP contribution >= 0.6 is 0 Å². The molecule has 0 atom stereocenters. The van der Waals surface area contributed by atoms with Gasteiger partial charge in [0.05, 0.1) is 0 Å². The fourth-order valence-corrected chi connectivity index (χ4v) is 3.05. The predicted octanol–water partition coefficient (Wildman–Crippen LogP) is 6.93. The maximum Gasteiger partial charge on any atom is -0.0104 e. The van der Waals surface area contributed by atoms with Crippen molar-refractivity contribution in [2.45, 2.75) is 67.2 Å². The highest BCUT2D eigenvalue weighted by Gasteiger charge is 2.26. The Morgan fingerprint density at radius 2 is 1.71 bits per heavy atom. The Bertz CT molecular complexity index is 490. The molecule has 0 spiro atoms. The number of hydrogen-bond acceptors (Lipinski definition) is 0. The molecular formula is C21H32. The summed E-state index contributed by atoms with van der Waals surface area (Å²) in [5, 5.41) is 0. The van der Waals surface area contributed by atoms with Crippen LogP contribution in [0.15, 0.2) is 58.7 Å². The highest BCUT2D eigenvalue weighted by Crippen LogP contribution is 2.40. The van der Waals surface area contributed by atoms with Gasteiger partial charge in [-0.05, 0) is 64.4 Å². The van der Waals surface area contributed by atoms with Crippen molar-refractivity contribution in [1.29, 1.82) is 0 Å². The van der Waals surface area contributed by atoms with E-state index in [9.17, 15) is 0 Å². The monoisotopic (exact) mass is 284 g/mol. The van der Waals surface area contributed by atoms with Gasteiger partial charge in [-0.2, -0.15) is 0 Å². The Kier molecular flexibility index (Phi) is 6.95. The summed E-state index contributed by atoms with van der Waals surface area (Å²) in [6, 6.07) is 0. The third-order valence-corrected chi connectivity index (χ3v) is 4.36. The molecule has 0 bridgehead atoms. The lowest BCUT2D eigenvalue weighted by atomic mass is 9.72. The summed E-state index contributed by atoms with van der Waals surface area (Å²) in [7, 11) is 0. The van der Waals surface area contributed by atoms with Crippen molar-refractivity contribution < 1.29 is 0 Å². The first-order valence-corrected chi connectivity index (χ1v) is 8.21. The van der Waals surface area contributed by atoms with Crippen LogP contribution in [0, 0.1) is 5.41 Å². The molecule has 116 valence electrons. The van der Waals surface area contributed by atoms with Crippen molar-refractivity contribution in [2.75, 3.05) is 0 Å². The zero-order valence-corrected chi connectivity index (χ0v) is 14.8. The van der Waals surface area contributed by atoms with Gasteiger partial charge in [-0.15, -0.1) is 0 Å². The Labute approximate surface area is 132 Å². The largest absolute Gasteiger partial charge is 0.0874 e. The van der Waals surface area contributed by atoms with E-state index in [1.165, 1.54) is 30.4 Å². The molecule has 0 aromatic heterocycles. The molecular weight excluding hydrogens is 252 g/mol. The SMILES string of the molecule is C/C=C/C(C)=C/C/C=C(C)/C=C/C1=C(C)CCCC1(C)C. The molecule has 0 saturated heterocycles. The smallest absolute Gasteiger partial charge is 0.0104 e. The third-order valence-electron chi connectivity index (χ3n) is 4.36. The topological polar surface area (TPSA) is 0 Å². The minimum absolute atomic E-state index is 0.335. The molecule has 0 aromatic carbocycles. The molecule has 0 radical (unpaired) electrons. The zero-order chi connectivity index (χ0) is 15.9. The van der Waals surface area contributed by atoms with E-state index in [0.29, 0.717) is 5.41 Å². The van der Waals surface area contributed by atoms with Gasteiger partial charge in [0.1, 0.15) is 0 Å². The summed E-state index contributed by atoms with van der Waals surface area (Å²) in [5.74, 6) is 0. The molecule has 1 rings (SSSR count). The molecule has 0 N–H and O–H groups in total. The molecule has 0 heteroatoms. The van der Waals surface area contributed by atoms with Crippen LogP contribution in [0.4, 0.5) is 0 Å². The maximum absolute atomic E-state index is 2.37. The minimum Gasteiger partial charge on any atom is -0.0874 e. The molecule has 0 heterocycles. The van der Waals surface area contributed by atoms with Crippen molar-refractivity contribution in [1.82, 2.24) is 0 Å². The van der Waals surface area contributed by atoms with Crippen LogP contribution in [-0.2, 0) is 0 Å². The van der Waals surface area contributed by atoms with Gasteiger partial charge in [-0.1, -0.05) is 67.0 Å². The second kappa shape index (κ2) is 8.22. The van der Waals surface area contributed by atoms with E-state index in [1.807, 2.05) is 0 Å². The molecule has 1 aliphatic carbocycles. The quantitative estimate of drug-likeness (QED) is 0.480. The predicted molar refractivity (Wildman–Crippen MR) is 96.4 cm³/mol. The van der Waals surface area contributed by atoms with Gasteiger partial charge in [-0.25, -0.2) is 0 Å². The summed E-state index contributed by atoms with van der Waals surface area (Å²) in [6.45, 7) is 13.4. The normalized spacial score (nSPS) is 20.9. The second-order valence-corrected chi connectivity index (χ2v) is 6.90. The minimum atomic E-state index is 0.335. The summed E-state index contributed by atoms with van der Waals surface area (Å²) >= 11 is 0. The summed E-state index contributed by atoms with van der Waals surface area (Å²) in [4.78, 5) is 0. The maximum atomic E-state index is 2.37. The first kappa shape index (κ1) is 17.8. The first-order valence-electron chi connectivity index (χ1n) is 8.21. The van der Waals surface area contributed by atoms with Gasteiger partial charge < -0.3 is 0 Å². The lowest BCUT2D eigenvalue weighted by molar-refractivity contribution is 0.377. The first-order chi connectivity index (χ1) is 9.86. The molecule has 0 amide bonds. The van der Waals surface area contributed by atoms with Crippen LogP contribution in [0.5, 0.6) is 0 Å². The summed E-state index contributed by atoms with van der Waals surface area (Å²) in [5.41, 5.74) is 6.13. The van der Waals surface area contributed by atoms with Gasteiger partial charge in [0.15, 0.2) is 0 Å².